The van der Waals surface area contributed by atoms with Crippen LogP contribution in [0.2, 0.25) is 0 Å². The minimum Gasteiger partial charge on any atom is -0.383 e. The number of aromatic nitrogens is 2. The second-order valence-electron chi connectivity index (χ2n) is 8.71. The molecule has 1 saturated carbocycles. The molecule has 3 N–H and O–H groups in total. The maximum Gasteiger partial charge on any atom is 0.313 e. The lowest BCUT2D eigenvalue weighted by Gasteiger charge is -2.38. The number of rotatable bonds is 3. The lowest BCUT2D eigenvalue weighted by molar-refractivity contribution is -0.146. The zero-order valence-electron chi connectivity index (χ0n) is 17.4. The zero-order chi connectivity index (χ0) is 21.5. The monoisotopic (exact) mass is 435 g/mol. The SMILES string of the molecule is C[C@H]1CC[C@H](c2ccc3sncc3c2)N(C(=O)C(=O)Nc2cnc(N)c(C3CC3)c2)C1. The van der Waals surface area contributed by atoms with Gasteiger partial charge >= 0.3 is 11.8 Å². The molecular weight excluding hydrogens is 410 g/mol. The zero-order valence-corrected chi connectivity index (χ0v) is 18.2. The second-order valence-corrected chi connectivity index (χ2v) is 9.54. The number of hydrogen-bond acceptors (Lipinski definition) is 6. The molecule has 3 aromatic rings. The molecule has 2 aromatic heterocycles. The third kappa shape index (κ3) is 3.99. The fourth-order valence-electron chi connectivity index (χ4n) is 4.42. The number of carbonyl (C=O) groups excluding carboxylic acids is 2. The number of nitrogens with two attached hydrogens (primary N) is 1. The van der Waals surface area contributed by atoms with E-state index in [2.05, 4.69) is 27.7 Å². The summed E-state index contributed by atoms with van der Waals surface area (Å²) in [5.74, 6) is 0.110. The van der Waals surface area contributed by atoms with Crippen LogP contribution in [0, 0.1) is 5.92 Å². The van der Waals surface area contributed by atoms with E-state index in [1.54, 1.807) is 4.90 Å². The van der Waals surface area contributed by atoms with Gasteiger partial charge in [0.05, 0.1) is 22.6 Å². The van der Waals surface area contributed by atoms with Gasteiger partial charge in [0.1, 0.15) is 5.82 Å². The van der Waals surface area contributed by atoms with E-state index in [9.17, 15) is 9.59 Å². The van der Waals surface area contributed by atoms with Crippen LogP contribution < -0.4 is 11.1 Å². The average Bonchev–Trinajstić information content (AvgIpc) is 3.50. The van der Waals surface area contributed by atoms with Crippen LogP contribution in [-0.4, -0.2) is 32.6 Å². The first kappa shape index (κ1) is 19.9. The van der Waals surface area contributed by atoms with Gasteiger partial charge in [0.25, 0.3) is 0 Å². The standard InChI is InChI=1S/C23H25N5O2S/c1-13-2-6-19(15-5-7-20-16(8-15)10-26-31-20)28(12-13)23(30)22(29)27-17-9-18(14-3-4-14)21(24)25-11-17/h5,7-11,13-14,19H,2-4,6,12H2,1H3,(H2,24,25)(H,27,29)/t13-,19+/m0/s1. The molecule has 1 aliphatic heterocycles. The lowest BCUT2D eigenvalue weighted by Crippen LogP contribution is -2.46. The predicted molar refractivity (Wildman–Crippen MR) is 122 cm³/mol. The van der Waals surface area contributed by atoms with Crippen molar-refractivity contribution in [3.8, 4) is 0 Å². The number of piperidine rings is 1. The Kier molecular flexibility index (Phi) is 5.09. The molecule has 1 saturated heterocycles. The highest BCUT2D eigenvalue weighted by Crippen LogP contribution is 2.43. The van der Waals surface area contributed by atoms with E-state index < -0.39 is 11.8 Å². The van der Waals surface area contributed by atoms with Gasteiger partial charge in [0.15, 0.2) is 0 Å². The molecule has 2 atom stereocenters. The number of nitrogens with zero attached hydrogens (tertiary/aromatic N) is 3. The number of benzene rings is 1. The van der Waals surface area contributed by atoms with Crippen LogP contribution in [0.15, 0.2) is 36.7 Å². The second kappa shape index (κ2) is 7.92. The largest absolute Gasteiger partial charge is 0.383 e. The normalized spacial score (nSPS) is 21.3. The minimum atomic E-state index is -0.634. The maximum absolute atomic E-state index is 13.2. The number of likely N-dealkylation sites (tertiary alicyclic amines) is 1. The fourth-order valence-corrected chi connectivity index (χ4v) is 5.04. The summed E-state index contributed by atoms with van der Waals surface area (Å²) in [5.41, 5.74) is 8.48. The Morgan fingerprint density at radius 1 is 1.16 bits per heavy atom. The van der Waals surface area contributed by atoms with Crippen LogP contribution in [-0.2, 0) is 9.59 Å². The first-order valence-electron chi connectivity index (χ1n) is 10.7. The molecule has 1 aliphatic carbocycles. The molecule has 2 fully saturated rings. The summed E-state index contributed by atoms with van der Waals surface area (Å²) < 4.78 is 5.36. The van der Waals surface area contributed by atoms with Gasteiger partial charge in [-0.15, -0.1) is 0 Å². The first-order valence-corrected chi connectivity index (χ1v) is 11.5. The first-order chi connectivity index (χ1) is 15.0. The van der Waals surface area contributed by atoms with Crippen LogP contribution in [0.4, 0.5) is 11.5 Å². The predicted octanol–water partition coefficient (Wildman–Crippen LogP) is 4.09. The smallest absolute Gasteiger partial charge is 0.313 e. The van der Waals surface area contributed by atoms with Gasteiger partial charge in [-0.25, -0.2) is 4.98 Å². The van der Waals surface area contributed by atoms with Crippen LogP contribution in [0.5, 0.6) is 0 Å². The molecule has 8 heteroatoms. The number of fused-ring (bicyclic) bond motifs is 1. The number of pyridine rings is 1. The van der Waals surface area contributed by atoms with E-state index in [4.69, 9.17) is 5.73 Å². The van der Waals surface area contributed by atoms with Gasteiger partial charge in [0.2, 0.25) is 0 Å². The Labute approximate surface area is 184 Å². The quantitative estimate of drug-likeness (QED) is 0.604. The molecule has 5 rings (SSSR count). The summed E-state index contributed by atoms with van der Waals surface area (Å²) >= 11 is 1.46. The number of hydrogen-bond donors (Lipinski definition) is 2. The van der Waals surface area contributed by atoms with Gasteiger partial charge < -0.3 is 16.0 Å². The summed E-state index contributed by atoms with van der Waals surface area (Å²) in [6, 6.07) is 7.90. The molecule has 0 spiro atoms. The highest BCUT2D eigenvalue weighted by atomic mass is 32.1. The van der Waals surface area contributed by atoms with Gasteiger partial charge in [-0.05, 0) is 78.4 Å². The van der Waals surface area contributed by atoms with Gasteiger partial charge in [0, 0.05) is 18.1 Å². The Hall–Kier alpha value is -3.00. The van der Waals surface area contributed by atoms with E-state index in [0.29, 0.717) is 29.9 Å². The molecule has 3 heterocycles. The van der Waals surface area contributed by atoms with Crippen molar-refractivity contribution in [2.75, 3.05) is 17.6 Å². The minimum absolute atomic E-state index is 0.120. The van der Waals surface area contributed by atoms with Crippen molar-refractivity contribution >= 4 is 44.9 Å². The molecule has 2 aliphatic rings. The average molecular weight is 436 g/mol. The molecule has 0 bridgehead atoms. The lowest BCUT2D eigenvalue weighted by atomic mass is 9.89. The van der Waals surface area contributed by atoms with Crippen LogP contribution in [0.25, 0.3) is 10.1 Å². The third-order valence-corrected chi connectivity index (χ3v) is 7.04. The topological polar surface area (TPSA) is 101 Å². The van der Waals surface area contributed by atoms with Crippen LogP contribution >= 0.6 is 11.5 Å². The highest BCUT2D eigenvalue weighted by Gasteiger charge is 2.34. The van der Waals surface area contributed by atoms with Gasteiger partial charge in [-0.1, -0.05) is 13.0 Å². The maximum atomic E-state index is 13.2. The summed E-state index contributed by atoms with van der Waals surface area (Å²) in [6.45, 7) is 2.68. The van der Waals surface area contributed by atoms with Crippen molar-refractivity contribution in [2.24, 2.45) is 5.92 Å². The molecule has 0 unspecified atom stereocenters. The van der Waals surface area contributed by atoms with Crippen molar-refractivity contribution in [1.29, 1.82) is 0 Å². The molecule has 31 heavy (non-hydrogen) atoms. The van der Waals surface area contributed by atoms with Gasteiger partial charge in [-0.3, -0.25) is 9.59 Å². The number of nitrogen functional groups attached to an aromatic ring is 1. The van der Waals surface area contributed by atoms with Crippen LogP contribution in [0.3, 0.4) is 0 Å². The molecule has 160 valence electrons. The number of amides is 2. The fraction of sp³-hybridized carbons (Fsp3) is 0.391. The van der Waals surface area contributed by atoms with E-state index in [1.165, 1.54) is 17.7 Å². The Balaban J connectivity index is 1.37. The number of nitrogens with one attached hydrogen (secondary N) is 1. The van der Waals surface area contributed by atoms with Gasteiger partial charge in [-0.2, -0.15) is 4.37 Å². The van der Waals surface area contributed by atoms with E-state index in [0.717, 1.165) is 46.9 Å². The van der Waals surface area contributed by atoms with Crippen molar-refractivity contribution in [1.82, 2.24) is 14.3 Å². The van der Waals surface area contributed by atoms with E-state index in [1.807, 2.05) is 24.4 Å². The van der Waals surface area contributed by atoms with Crippen molar-refractivity contribution < 1.29 is 9.59 Å². The molecule has 0 radical (unpaired) electrons. The highest BCUT2D eigenvalue weighted by molar-refractivity contribution is 7.13. The summed E-state index contributed by atoms with van der Waals surface area (Å²) in [6.07, 6.45) is 7.37. The summed E-state index contributed by atoms with van der Waals surface area (Å²) in [7, 11) is 0. The Morgan fingerprint density at radius 2 is 2.00 bits per heavy atom. The molecule has 1 aromatic carbocycles. The Morgan fingerprint density at radius 3 is 2.81 bits per heavy atom. The summed E-state index contributed by atoms with van der Waals surface area (Å²) in [4.78, 5) is 32.0. The van der Waals surface area contributed by atoms with Crippen molar-refractivity contribution in [3.05, 3.63) is 47.8 Å². The molecule has 2 amide bonds. The summed E-state index contributed by atoms with van der Waals surface area (Å²) in [5, 5.41) is 3.81. The van der Waals surface area contributed by atoms with E-state index >= 15 is 0 Å². The van der Waals surface area contributed by atoms with Crippen molar-refractivity contribution in [2.45, 2.75) is 44.6 Å². The van der Waals surface area contributed by atoms with E-state index in [-0.39, 0.29) is 6.04 Å². The number of anilines is 2. The third-order valence-electron chi connectivity index (χ3n) is 6.26. The number of carbonyl (C=O) groups is 2. The van der Waals surface area contributed by atoms with Crippen molar-refractivity contribution in [3.63, 3.8) is 0 Å². The molecular formula is C23H25N5O2S. The molecule has 7 nitrogen and oxygen atoms in total. The van der Waals surface area contributed by atoms with Crippen LogP contribution in [0.1, 0.15) is 55.7 Å². The Bertz CT molecular complexity index is 1160.